The summed E-state index contributed by atoms with van der Waals surface area (Å²) in [7, 11) is 0. The van der Waals surface area contributed by atoms with Crippen LogP contribution in [0.4, 0.5) is 4.39 Å². The second-order valence-electron chi connectivity index (χ2n) is 4.20. The van der Waals surface area contributed by atoms with Gasteiger partial charge in [0.25, 0.3) is 0 Å². The van der Waals surface area contributed by atoms with Gasteiger partial charge in [0, 0.05) is 25.2 Å². The minimum Gasteiger partial charge on any atom is -0.381 e. The Morgan fingerprint density at radius 2 is 2.06 bits per heavy atom. The molecule has 0 radical (unpaired) electrons. The van der Waals surface area contributed by atoms with Gasteiger partial charge in [0.1, 0.15) is 5.82 Å². The molecule has 0 amide bonds. The van der Waals surface area contributed by atoms with E-state index in [2.05, 4.69) is 0 Å². The van der Waals surface area contributed by atoms with Crippen LogP contribution in [0.25, 0.3) is 0 Å². The second kappa shape index (κ2) is 4.70. The predicted octanol–water partition coefficient (Wildman–Crippen LogP) is 2.49. The molecule has 0 spiro atoms. The molecule has 4 heteroatoms. The highest BCUT2D eigenvalue weighted by Gasteiger charge is 2.35. The average molecular weight is 244 g/mol. The molecule has 88 valence electrons. The Bertz CT molecular complexity index is 377. The maximum Gasteiger partial charge on any atom is 0.145 e. The molecule has 0 aromatic heterocycles. The van der Waals surface area contributed by atoms with E-state index >= 15 is 0 Å². The van der Waals surface area contributed by atoms with Crippen LogP contribution in [0.1, 0.15) is 18.4 Å². The van der Waals surface area contributed by atoms with Gasteiger partial charge in [0.2, 0.25) is 0 Å². The minimum atomic E-state index is -0.337. The lowest BCUT2D eigenvalue weighted by atomic mass is 9.74. The summed E-state index contributed by atoms with van der Waals surface area (Å²) in [6.07, 6.45) is 1.50. The summed E-state index contributed by atoms with van der Waals surface area (Å²) in [4.78, 5) is 0. The molecule has 1 aliphatic rings. The van der Waals surface area contributed by atoms with Gasteiger partial charge in [0.05, 0.1) is 5.02 Å². The minimum absolute atomic E-state index is 0.164. The van der Waals surface area contributed by atoms with Crippen LogP contribution in [0, 0.1) is 5.82 Å². The number of hydrogen-bond donors (Lipinski definition) is 1. The number of halogens is 2. The first-order valence-electron chi connectivity index (χ1n) is 5.42. The Labute approximate surface area is 99.5 Å². The summed E-state index contributed by atoms with van der Waals surface area (Å²) < 4.78 is 19.3. The average Bonchev–Trinajstić information content (AvgIpc) is 2.33. The van der Waals surface area contributed by atoms with Gasteiger partial charge in [-0.25, -0.2) is 4.39 Å². The van der Waals surface area contributed by atoms with E-state index in [4.69, 9.17) is 22.1 Å². The molecule has 2 rings (SSSR count). The van der Waals surface area contributed by atoms with Crippen LogP contribution in [0.5, 0.6) is 0 Å². The van der Waals surface area contributed by atoms with E-state index in [1.165, 1.54) is 0 Å². The maximum atomic E-state index is 14.0. The first-order chi connectivity index (χ1) is 7.69. The number of hydrogen-bond acceptors (Lipinski definition) is 2. The third kappa shape index (κ3) is 1.95. The fourth-order valence-electron chi connectivity index (χ4n) is 2.26. The van der Waals surface area contributed by atoms with Crippen LogP contribution in [-0.4, -0.2) is 19.8 Å². The van der Waals surface area contributed by atoms with Crippen molar-refractivity contribution in [2.45, 2.75) is 18.3 Å². The van der Waals surface area contributed by atoms with Crippen molar-refractivity contribution >= 4 is 11.6 Å². The number of benzene rings is 1. The molecule has 1 aromatic rings. The van der Waals surface area contributed by atoms with Crippen molar-refractivity contribution in [1.29, 1.82) is 0 Å². The summed E-state index contributed by atoms with van der Waals surface area (Å²) in [5.41, 5.74) is 6.14. The fraction of sp³-hybridized carbons (Fsp3) is 0.500. The summed E-state index contributed by atoms with van der Waals surface area (Å²) in [5.74, 6) is -0.337. The van der Waals surface area contributed by atoms with Crippen molar-refractivity contribution in [3.05, 3.63) is 34.6 Å². The van der Waals surface area contributed by atoms with Crippen molar-refractivity contribution in [2.75, 3.05) is 19.8 Å². The number of ether oxygens (including phenoxy) is 1. The Balaban J connectivity index is 2.43. The second-order valence-corrected chi connectivity index (χ2v) is 4.61. The fourth-order valence-corrected chi connectivity index (χ4v) is 2.43. The lowest BCUT2D eigenvalue weighted by Gasteiger charge is -2.36. The monoisotopic (exact) mass is 243 g/mol. The lowest BCUT2D eigenvalue weighted by Crippen LogP contribution is -2.41. The van der Waals surface area contributed by atoms with Gasteiger partial charge in [-0.15, -0.1) is 0 Å². The molecule has 2 N–H and O–H groups in total. The third-order valence-corrected chi connectivity index (χ3v) is 3.66. The molecule has 1 aliphatic heterocycles. The summed E-state index contributed by atoms with van der Waals surface area (Å²) in [6.45, 7) is 1.68. The molecular weight excluding hydrogens is 229 g/mol. The Hall–Kier alpha value is -0.640. The van der Waals surface area contributed by atoms with Gasteiger partial charge in [-0.2, -0.15) is 0 Å². The highest BCUT2D eigenvalue weighted by Crippen LogP contribution is 2.36. The molecule has 0 unspecified atom stereocenters. The zero-order valence-corrected chi connectivity index (χ0v) is 9.77. The third-order valence-electron chi connectivity index (χ3n) is 3.36. The van der Waals surface area contributed by atoms with E-state index in [0.29, 0.717) is 25.3 Å². The van der Waals surface area contributed by atoms with Crippen molar-refractivity contribution < 1.29 is 9.13 Å². The highest BCUT2D eigenvalue weighted by molar-refractivity contribution is 6.30. The number of nitrogens with two attached hydrogens (primary N) is 1. The summed E-state index contributed by atoms with van der Waals surface area (Å²) >= 11 is 5.80. The molecule has 1 saturated heterocycles. The Morgan fingerprint density at radius 1 is 1.38 bits per heavy atom. The number of rotatable bonds is 2. The van der Waals surface area contributed by atoms with Crippen molar-refractivity contribution in [3.63, 3.8) is 0 Å². The molecule has 0 saturated carbocycles. The summed E-state index contributed by atoms with van der Waals surface area (Å²) in [5, 5.41) is 0.164. The van der Waals surface area contributed by atoms with Gasteiger partial charge in [-0.3, -0.25) is 0 Å². The van der Waals surface area contributed by atoms with E-state index in [1.54, 1.807) is 18.2 Å². The van der Waals surface area contributed by atoms with Crippen molar-refractivity contribution in [1.82, 2.24) is 0 Å². The Morgan fingerprint density at radius 3 is 2.69 bits per heavy atom. The SMILES string of the molecule is NCC1(c2cccc(Cl)c2F)CCOCC1. The molecular formula is C12H15ClFNO. The maximum absolute atomic E-state index is 14.0. The summed E-state index contributed by atoms with van der Waals surface area (Å²) in [6, 6.07) is 5.11. The molecule has 1 aromatic carbocycles. The van der Waals surface area contributed by atoms with Crippen LogP contribution < -0.4 is 5.73 Å². The quantitative estimate of drug-likeness (QED) is 0.866. The molecule has 0 bridgehead atoms. The zero-order chi connectivity index (χ0) is 11.6. The van der Waals surface area contributed by atoms with E-state index in [1.807, 2.05) is 0 Å². The molecule has 1 heterocycles. The smallest absolute Gasteiger partial charge is 0.145 e. The van der Waals surface area contributed by atoms with Crippen LogP contribution in [0.2, 0.25) is 5.02 Å². The van der Waals surface area contributed by atoms with Crippen LogP contribution >= 0.6 is 11.6 Å². The van der Waals surface area contributed by atoms with E-state index in [9.17, 15) is 4.39 Å². The Kier molecular flexibility index (Phi) is 3.47. The molecule has 1 fully saturated rings. The predicted molar refractivity (Wildman–Crippen MR) is 62.2 cm³/mol. The largest absolute Gasteiger partial charge is 0.381 e. The standard InChI is InChI=1S/C12H15ClFNO/c13-10-3-1-2-9(11(10)14)12(8-15)4-6-16-7-5-12/h1-3H,4-8,15H2. The first kappa shape index (κ1) is 11.8. The van der Waals surface area contributed by atoms with Gasteiger partial charge in [-0.1, -0.05) is 23.7 Å². The molecule has 16 heavy (non-hydrogen) atoms. The van der Waals surface area contributed by atoms with Gasteiger partial charge in [0.15, 0.2) is 0 Å². The lowest BCUT2D eigenvalue weighted by molar-refractivity contribution is 0.0518. The van der Waals surface area contributed by atoms with Crippen molar-refractivity contribution in [2.24, 2.45) is 5.73 Å². The highest BCUT2D eigenvalue weighted by atomic mass is 35.5. The van der Waals surface area contributed by atoms with Gasteiger partial charge < -0.3 is 10.5 Å². The zero-order valence-electron chi connectivity index (χ0n) is 9.01. The van der Waals surface area contributed by atoms with E-state index in [0.717, 1.165) is 12.8 Å². The topological polar surface area (TPSA) is 35.2 Å². The molecule has 0 aliphatic carbocycles. The van der Waals surface area contributed by atoms with E-state index in [-0.39, 0.29) is 16.3 Å². The van der Waals surface area contributed by atoms with Crippen molar-refractivity contribution in [3.8, 4) is 0 Å². The van der Waals surface area contributed by atoms with Gasteiger partial charge in [-0.05, 0) is 24.5 Å². The van der Waals surface area contributed by atoms with Gasteiger partial charge >= 0.3 is 0 Å². The molecule has 0 atom stereocenters. The molecule has 2 nitrogen and oxygen atoms in total. The van der Waals surface area contributed by atoms with Crippen LogP contribution in [0.15, 0.2) is 18.2 Å². The normalized spacial score (nSPS) is 19.7. The van der Waals surface area contributed by atoms with Crippen LogP contribution in [0.3, 0.4) is 0 Å². The van der Waals surface area contributed by atoms with E-state index < -0.39 is 0 Å². The van der Waals surface area contributed by atoms with Crippen LogP contribution in [-0.2, 0) is 10.2 Å². The first-order valence-corrected chi connectivity index (χ1v) is 5.80.